The normalized spacial score (nSPS) is 11.2. The van der Waals surface area contributed by atoms with Crippen molar-refractivity contribution in [3.05, 3.63) is 68.2 Å². The minimum atomic E-state index is -3.75. The van der Waals surface area contributed by atoms with E-state index in [4.69, 9.17) is 23.2 Å². The molecule has 0 aromatic heterocycles. The summed E-state index contributed by atoms with van der Waals surface area (Å²) in [4.78, 5) is 10.0. The van der Waals surface area contributed by atoms with Crippen LogP contribution < -0.4 is 4.72 Å². The zero-order valence-electron chi connectivity index (χ0n) is 11.0. The molecule has 0 atom stereocenters. The summed E-state index contributed by atoms with van der Waals surface area (Å²) in [5, 5.41) is 10.9. The van der Waals surface area contributed by atoms with Gasteiger partial charge in [-0.05, 0) is 17.7 Å². The average Bonchev–Trinajstić information content (AvgIpc) is 2.43. The van der Waals surface area contributed by atoms with E-state index in [1.165, 1.54) is 12.1 Å². The maximum atomic E-state index is 12.1. The number of nitro groups is 1. The Balaban J connectivity index is 2.22. The molecule has 0 amide bonds. The third-order valence-corrected chi connectivity index (χ3v) is 4.64. The molecule has 2 aromatic rings. The van der Waals surface area contributed by atoms with Gasteiger partial charge in [0.15, 0.2) is 0 Å². The van der Waals surface area contributed by atoms with Gasteiger partial charge in [0.25, 0.3) is 5.69 Å². The van der Waals surface area contributed by atoms with E-state index >= 15 is 0 Å². The molecule has 0 radical (unpaired) electrons. The van der Waals surface area contributed by atoms with Gasteiger partial charge in [-0.2, -0.15) is 0 Å². The lowest BCUT2D eigenvalue weighted by atomic mass is 10.2. The Labute approximate surface area is 136 Å². The molecule has 1 N–H and O–H groups in total. The summed E-state index contributed by atoms with van der Waals surface area (Å²) in [5.74, 6) is -0.333. The highest BCUT2D eigenvalue weighted by Gasteiger charge is 2.17. The number of nitro benzene ring substituents is 1. The van der Waals surface area contributed by atoms with Gasteiger partial charge in [0.1, 0.15) is 0 Å². The maximum Gasteiger partial charge on any atom is 0.271 e. The van der Waals surface area contributed by atoms with Gasteiger partial charge in [-0.3, -0.25) is 14.8 Å². The van der Waals surface area contributed by atoms with Crippen molar-refractivity contribution in [3.8, 4) is 0 Å². The van der Waals surface area contributed by atoms with E-state index in [9.17, 15) is 18.5 Å². The van der Waals surface area contributed by atoms with Crippen LogP contribution in [0.1, 0.15) is 5.56 Å². The van der Waals surface area contributed by atoms with Crippen LogP contribution in [0, 0.1) is 10.1 Å². The highest BCUT2D eigenvalue weighted by atomic mass is 35.5. The van der Waals surface area contributed by atoms with Crippen molar-refractivity contribution >= 4 is 44.6 Å². The smallest absolute Gasteiger partial charge is 0.271 e. The van der Waals surface area contributed by atoms with E-state index < -0.39 is 14.9 Å². The number of rotatable bonds is 5. The van der Waals surface area contributed by atoms with E-state index in [0.717, 1.165) is 6.07 Å². The second-order valence-electron chi connectivity index (χ2n) is 4.37. The van der Waals surface area contributed by atoms with E-state index in [-0.39, 0.29) is 22.2 Å². The van der Waals surface area contributed by atoms with Crippen LogP contribution in [0.25, 0.3) is 0 Å². The number of anilines is 1. The first-order chi connectivity index (χ1) is 10.3. The van der Waals surface area contributed by atoms with Crippen LogP contribution in [0.4, 0.5) is 11.4 Å². The summed E-state index contributed by atoms with van der Waals surface area (Å²) in [6.45, 7) is 0. The molecule has 0 saturated carbocycles. The minimum absolute atomic E-state index is 0.0584. The number of nitrogens with zero attached hydrogens (tertiary/aromatic N) is 1. The van der Waals surface area contributed by atoms with Crippen LogP contribution in [0.5, 0.6) is 0 Å². The molecule has 0 unspecified atom stereocenters. The zero-order valence-corrected chi connectivity index (χ0v) is 13.3. The number of hydrogen-bond acceptors (Lipinski definition) is 4. The topological polar surface area (TPSA) is 89.3 Å². The van der Waals surface area contributed by atoms with Gasteiger partial charge < -0.3 is 0 Å². The maximum absolute atomic E-state index is 12.1. The largest absolute Gasteiger partial charge is 0.282 e. The fourth-order valence-electron chi connectivity index (χ4n) is 1.72. The minimum Gasteiger partial charge on any atom is -0.282 e. The Morgan fingerprint density at radius 1 is 1.09 bits per heavy atom. The van der Waals surface area contributed by atoms with E-state index in [0.29, 0.717) is 10.6 Å². The first-order valence-electron chi connectivity index (χ1n) is 5.96. The molecule has 2 aromatic carbocycles. The Kier molecular flexibility index (Phi) is 4.90. The van der Waals surface area contributed by atoms with Crippen molar-refractivity contribution in [3.63, 3.8) is 0 Å². The third kappa shape index (κ3) is 4.09. The number of benzene rings is 2. The first-order valence-corrected chi connectivity index (χ1v) is 8.37. The van der Waals surface area contributed by atoms with Gasteiger partial charge in [0, 0.05) is 17.2 Å². The highest BCUT2D eigenvalue weighted by Crippen LogP contribution is 2.28. The van der Waals surface area contributed by atoms with Crippen LogP contribution in [0.15, 0.2) is 42.5 Å². The van der Waals surface area contributed by atoms with Crippen molar-refractivity contribution in [1.82, 2.24) is 0 Å². The number of sulfonamides is 1. The molecule has 0 bridgehead atoms. The lowest BCUT2D eigenvalue weighted by Gasteiger charge is -2.10. The van der Waals surface area contributed by atoms with Gasteiger partial charge in [-0.15, -0.1) is 0 Å². The molecule has 0 spiro atoms. The Morgan fingerprint density at radius 3 is 2.36 bits per heavy atom. The molecule has 22 heavy (non-hydrogen) atoms. The van der Waals surface area contributed by atoms with Crippen molar-refractivity contribution in [2.24, 2.45) is 0 Å². The molecular formula is C13H10Cl2N2O4S. The molecule has 0 saturated heterocycles. The predicted molar refractivity (Wildman–Crippen MR) is 85.8 cm³/mol. The van der Waals surface area contributed by atoms with Crippen LogP contribution >= 0.6 is 23.2 Å². The first kappa shape index (κ1) is 16.5. The van der Waals surface area contributed by atoms with Gasteiger partial charge in [-0.25, -0.2) is 8.42 Å². The summed E-state index contributed by atoms with van der Waals surface area (Å²) in [5.41, 5.74) is 0.285. The molecule has 0 aliphatic heterocycles. The van der Waals surface area contributed by atoms with Crippen LogP contribution in [0.3, 0.4) is 0 Å². The fraction of sp³-hybridized carbons (Fsp3) is 0.0769. The summed E-state index contributed by atoms with van der Waals surface area (Å²) in [6.07, 6.45) is 0. The van der Waals surface area contributed by atoms with Crippen molar-refractivity contribution in [1.29, 1.82) is 0 Å². The highest BCUT2D eigenvalue weighted by molar-refractivity contribution is 7.91. The zero-order chi connectivity index (χ0) is 16.3. The summed E-state index contributed by atoms with van der Waals surface area (Å²) >= 11 is 11.8. The molecule has 116 valence electrons. The van der Waals surface area contributed by atoms with E-state index in [2.05, 4.69) is 4.72 Å². The number of non-ortho nitro benzene ring substituents is 1. The van der Waals surface area contributed by atoms with Crippen molar-refractivity contribution < 1.29 is 13.3 Å². The molecule has 0 heterocycles. The van der Waals surface area contributed by atoms with E-state index in [1.807, 2.05) is 0 Å². The molecule has 9 heteroatoms. The van der Waals surface area contributed by atoms with Crippen molar-refractivity contribution in [2.75, 3.05) is 4.72 Å². The van der Waals surface area contributed by atoms with Crippen LogP contribution in [-0.4, -0.2) is 13.3 Å². The van der Waals surface area contributed by atoms with Gasteiger partial charge >= 0.3 is 0 Å². The lowest BCUT2D eigenvalue weighted by Crippen LogP contribution is -2.15. The summed E-state index contributed by atoms with van der Waals surface area (Å²) in [6, 6.07) is 10.0. The number of hydrogen-bond donors (Lipinski definition) is 1. The molecule has 6 nitrogen and oxygen atoms in total. The van der Waals surface area contributed by atoms with Gasteiger partial charge in [-0.1, -0.05) is 41.4 Å². The van der Waals surface area contributed by atoms with Crippen LogP contribution in [0.2, 0.25) is 10.0 Å². The van der Waals surface area contributed by atoms with Gasteiger partial charge in [0.05, 0.1) is 21.4 Å². The quantitative estimate of drug-likeness (QED) is 0.647. The molecule has 0 fully saturated rings. The number of halogens is 2. The molecule has 0 aliphatic carbocycles. The average molecular weight is 361 g/mol. The number of nitrogens with one attached hydrogen (secondary N) is 1. The van der Waals surface area contributed by atoms with E-state index in [1.54, 1.807) is 24.3 Å². The van der Waals surface area contributed by atoms with Crippen LogP contribution in [-0.2, 0) is 15.8 Å². The molecule has 0 aliphatic rings. The predicted octanol–water partition coefficient (Wildman–Crippen LogP) is 3.84. The second kappa shape index (κ2) is 6.51. The third-order valence-electron chi connectivity index (χ3n) is 2.73. The molecule has 2 rings (SSSR count). The summed E-state index contributed by atoms with van der Waals surface area (Å²) < 4.78 is 26.5. The monoisotopic (exact) mass is 360 g/mol. The Bertz CT molecular complexity index is 825. The molecular weight excluding hydrogens is 351 g/mol. The second-order valence-corrected chi connectivity index (χ2v) is 6.91. The van der Waals surface area contributed by atoms with Gasteiger partial charge in [0.2, 0.25) is 10.0 Å². The summed E-state index contributed by atoms with van der Waals surface area (Å²) in [7, 11) is -3.75. The lowest BCUT2D eigenvalue weighted by molar-refractivity contribution is -0.384. The Morgan fingerprint density at radius 2 is 1.77 bits per heavy atom. The standard InChI is InChI=1S/C13H10Cl2N2O4S/c14-11-4-2-1-3-9(11)8-22(20,21)16-13-6-5-10(17(18)19)7-12(13)15/h1-7,16H,8H2. The van der Waals surface area contributed by atoms with Crippen molar-refractivity contribution in [2.45, 2.75) is 5.75 Å². The Hall–Kier alpha value is -1.83. The SMILES string of the molecule is O=[N+]([O-])c1ccc(NS(=O)(=O)Cc2ccccc2Cl)c(Cl)c1. The fourth-order valence-corrected chi connectivity index (χ4v) is 3.53.